The minimum absolute atomic E-state index is 0.0720. The van der Waals surface area contributed by atoms with Gasteiger partial charge >= 0.3 is 0 Å². The van der Waals surface area contributed by atoms with Gasteiger partial charge in [0.2, 0.25) is 11.8 Å². The highest BCUT2D eigenvalue weighted by Crippen LogP contribution is 2.40. The summed E-state index contributed by atoms with van der Waals surface area (Å²) in [6, 6.07) is 21.1. The summed E-state index contributed by atoms with van der Waals surface area (Å²) in [4.78, 5) is 28.8. The third kappa shape index (κ3) is 3.25. The molecule has 2 aliphatic rings. The van der Waals surface area contributed by atoms with Gasteiger partial charge in [-0.1, -0.05) is 60.7 Å². The Balaban J connectivity index is 1.67. The van der Waals surface area contributed by atoms with Crippen molar-refractivity contribution in [3.8, 4) is 0 Å². The molecule has 27 heavy (non-hydrogen) atoms. The molecule has 2 amide bonds. The molecule has 4 nitrogen and oxygen atoms in total. The zero-order valence-electron chi connectivity index (χ0n) is 15.8. The number of carbonyl (C=O) groups excluding carboxylic acids is 2. The molecular formula is C23H26N2O2. The van der Waals surface area contributed by atoms with Crippen LogP contribution in [0.5, 0.6) is 0 Å². The number of amides is 2. The molecule has 0 spiro atoms. The molecule has 2 aliphatic heterocycles. The summed E-state index contributed by atoms with van der Waals surface area (Å²) in [6.07, 6.45) is 2.33. The fourth-order valence-electron chi connectivity index (χ4n) is 4.68. The van der Waals surface area contributed by atoms with Gasteiger partial charge in [-0.05, 0) is 24.0 Å². The van der Waals surface area contributed by atoms with Crippen molar-refractivity contribution in [1.82, 2.24) is 9.80 Å². The molecule has 1 atom stereocenters. The van der Waals surface area contributed by atoms with Gasteiger partial charge in [0, 0.05) is 38.5 Å². The maximum absolute atomic E-state index is 13.2. The zero-order chi connectivity index (χ0) is 18.9. The molecule has 0 saturated carbocycles. The summed E-state index contributed by atoms with van der Waals surface area (Å²) < 4.78 is 0. The quantitative estimate of drug-likeness (QED) is 0.842. The molecule has 2 aromatic carbocycles. The van der Waals surface area contributed by atoms with Gasteiger partial charge in [0.1, 0.15) is 0 Å². The normalized spacial score (nSPS) is 22.1. The average molecular weight is 362 g/mol. The van der Waals surface area contributed by atoms with E-state index in [1.54, 1.807) is 11.9 Å². The smallest absolute Gasteiger partial charge is 0.228 e. The minimum atomic E-state index is -0.204. The third-order valence-electron chi connectivity index (χ3n) is 6.15. The number of hydrogen-bond donors (Lipinski definition) is 0. The Labute approximate surface area is 160 Å². The Bertz CT molecular complexity index is 779. The van der Waals surface area contributed by atoms with E-state index in [4.69, 9.17) is 0 Å². The van der Waals surface area contributed by atoms with Crippen LogP contribution in [0.3, 0.4) is 0 Å². The molecule has 0 N–H and O–H groups in total. The molecule has 2 saturated heterocycles. The Hall–Kier alpha value is -2.62. The van der Waals surface area contributed by atoms with E-state index in [2.05, 4.69) is 48.5 Å². The lowest BCUT2D eigenvalue weighted by Gasteiger charge is -2.44. The summed E-state index contributed by atoms with van der Waals surface area (Å²) in [6.45, 7) is 1.99. The van der Waals surface area contributed by atoms with Crippen LogP contribution in [0.25, 0.3) is 0 Å². The molecule has 0 radical (unpaired) electrons. The third-order valence-corrected chi connectivity index (χ3v) is 6.15. The Kier molecular flexibility index (Phi) is 4.73. The van der Waals surface area contributed by atoms with E-state index in [0.29, 0.717) is 19.5 Å². The second kappa shape index (κ2) is 7.18. The summed E-state index contributed by atoms with van der Waals surface area (Å²) in [5.74, 6) is -0.00349. The molecule has 0 aromatic heterocycles. The fourth-order valence-corrected chi connectivity index (χ4v) is 4.68. The van der Waals surface area contributed by atoms with Crippen LogP contribution in [0.1, 0.15) is 30.4 Å². The molecule has 2 fully saturated rings. The highest BCUT2D eigenvalue weighted by atomic mass is 16.2. The molecule has 2 heterocycles. The van der Waals surface area contributed by atoms with Gasteiger partial charge in [-0.3, -0.25) is 9.59 Å². The highest BCUT2D eigenvalue weighted by molar-refractivity contribution is 5.89. The van der Waals surface area contributed by atoms with Crippen molar-refractivity contribution in [3.05, 3.63) is 71.8 Å². The van der Waals surface area contributed by atoms with Crippen LogP contribution in [0.2, 0.25) is 0 Å². The Morgan fingerprint density at radius 3 is 2.11 bits per heavy atom. The van der Waals surface area contributed by atoms with Gasteiger partial charge in [0.25, 0.3) is 0 Å². The van der Waals surface area contributed by atoms with Crippen LogP contribution in [-0.4, -0.2) is 48.3 Å². The molecule has 4 heteroatoms. The Morgan fingerprint density at radius 2 is 1.59 bits per heavy atom. The monoisotopic (exact) mass is 362 g/mol. The first-order chi connectivity index (χ1) is 13.1. The molecule has 0 bridgehead atoms. The van der Waals surface area contributed by atoms with Crippen LogP contribution >= 0.6 is 0 Å². The van der Waals surface area contributed by atoms with E-state index in [1.807, 2.05) is 17.0 Å². The van der Waals surface area contributed by atoms with Gasteiger partial charge in [-0.2, -0.15) is 0 Å². The molecular weight excluding hydrogens is 336 g/mol. The number of benzene rings is 2. The first kappa shape index (κ1) is 17.8. The number of carbonyl (C=O) groups is 2. The lowest BCUT2D eigenvalue weighted by atomic mass is 9.69. The van der Waals surface area contributed by atoms with Crippen molar-refractivity contribution >= 4 is 11.8 Å². The topological polar surface area (TPSA) is 40.6 Å². The largest absolute Gasteiger partial charge is 0.345 e. The number of rotatable bonds is 3. The molecule has 1 unspecified atom stereocenters. The molecule has 140 valence electrons. The second-order valence-corrected chi connectivity index (χ2v) is 7.85. The first-order valence-corrected chi connectivity index (χ1v) is 9.74. The summed E-state index contributed by atoms with van der Waals surface area (Å²) in [5.41, 5.74) is 2.33. The van der Waals surface area contributed by atoms with Gasteiger partial charge in [-0.25, -0.2) is 0 Å². The van der Waals surface area contributed by atoms with Crippen LogP contribution in [-0.2, 0) is 15.0 Å². The van der Waals surface area contributed by atoms with E-state index in [-0.39, 0.29) is 23.1 Å². The number of hydrogen-bond acceptors (Lipinski definition) is 2. The van der Waals surface area contributed by atoms with E-state index >= 15 is 0 Å². The summed E-state index contributed by atoms with van der Waals surface area (Å²) >= 11 is 0. The van der Waals surface area contributed by atoms with Crippen molar-refractivity contribution in [3.63, 3.8) is 0 Å². The fraction of sp³-hybridized carbons (Fsp3) is 0.391. The second-order valence-electron chi connectivity index (χ2n) is 7.85. The molecule has 2 aromatic rings. The Morgan fingerprint density at radius 1 is 1.00 bits per heavy atom. The van der Waals surface area contributed by atoms with Crippen molar-refractivity contribution < 1.29 is 9.59 Å². The van der Waals surface area contributed by atoms with Crippen molar-refractivity contribution in [2.75, 3.05) is 26.7 Å². The standard InChI is InChI=1S/C23H26N2O2/c1-24-16-18(15-21(24)26)22(27)25-14-8-13-23(17-25,19-9-4-2-5-10-19)20-11-6-3-7-12-20/h2-7,9-12,18H,8,13-17H2,1H3. The average Bonchev–Trinajstić information content (AvgIpc) is 3.07. The van der Waals surface area contributed by atoms with Crippen LogP contribution in [0.4, 0.5) is 0 Å². The maximum atomic E-state index is 13.2. The zero-order valence-corrected chi connectivity index (χ0v) is 15.8. The predicted molar refractivity (Wildman–Crippen MR) is 105 cm³/mol. The van der Waals surface area contributed by atoms with E-state index in [9.17, 15) is 9.59 Å². The highest BCUT2D eigenvalue weighted by Gasteiger charge is 2.42. The lowest BCUT2D eigenvalue weighted by molar-refractivity contribution is -0.137. The van der Waals surface area contributed by atoms with Crippen LogP contribution in [0.15, 0.2) is 60.7 Å². The van der Waals surface area contributed by atoms with Gasteiger partial charge in [0.05, 0.1) is 5.92 Å². The predicted octanol–water partition coefficient (Wildman–Crippen LogP) is 3.07. The summed E-state index contributed by atoms with van der Waals surface area (Å²) in [7, 11) is 1.78. The van der Waals surface area contributed by atoms with Crippen molar-refractivity contribution in [2.45, 2.75) is 24.7 Å². The SMILES string of the molecule is CN1CC(C(=O)N2CCCC(c3ccccc3)(c3ccccc3)C2)CC1=O. The maximum Gasteiger partial charge on any atom is 0.228 e. The van der Waals surface area contributed by atoms with Gasteiger partial charge in [-0.15, -0.1) is 0 Å². The number of likely N-dealkylation sites (tertiary alicyclic amines) is 2. The van der Waals surface area contributed by atoms with E-state index in [0.717, 1.165) is 19.4 Å². The van der Waals surface area contributed by atoms with Crippen LogP contribution in [0, 0.1) is 5.92 Å². The lowest BCUT2D eigenvalue weighted by Crippen LogP contribution is -2.51. The van der Waals surface area contributed by atoms with E-state index in [1.165, 1.54) is 11.1 Å². The first-order valence-electron chi connectivity index (χ1n) is 9.74. The van der Waals surface area contributed by atoms with Crippen LogP contribution < -0.4 is 0 Å². The number of piperidine rings is 1. The summed E-state index contributed by atoms with van der Waals surface area (Å²) in [5, 5.41) is 0. The molecule has 4 rings (SSSR count). The number of nitrogens with zero attached hydrogens (tertiary/aromatic N) is 2. The van der Waals surface area contributed by atoms with Crippen molar-refractivity contribution in [2.24, 2.45) is 5.92 Å². The molecule has 0 aliphatic carbocycles. The van der Waals surface area contributed by atoms with Gasteiger partial charge in [0.15, 0.2) is 0 Å². The van der Waals surface area contributed by atoms with E-state index < -0.39 is 0 Å². The van der Waals surface area contributed by atoms with Gasteiger partial charge < -0.3 is 9.80 Å². The minimum Gasteiger partial charge on any atom is -0.345 e. The van der Waals surface area contributed by atoms with Crippen molar-refractivity contribution in [1.29, 1.82) is 0 Å².